The molecule has 22 heavy (non-hydrogen) atoms. The highest BCUT2D eigenvalue weighted by atomic mass is 16.4. The minimum Gasteiger partial charge on any atom is -0.479 e. The summed E-state index contributed by atoms with van der Waals surface area (Å²) >= 11 is 0. The Labute approximate surface area is 129 Å². The fourth-order valence-corrected chi connectivity index (χ4v) is 2.41. The van der Waals surface area contributed by atoms with E-state index >= 15 is 0 Å². The van der Waals surface area contributed by atoms with E-state index in [1.165, 1.54) is 19.3 Å². The van der Waals surface area contributed by atoms with Crippen LogP contribution >= 0.6 is 0 Å². The maximum absolute atomic E-state index is 12.0. The number of carboxylic acid groups (broad SMARTS) is 1. The molecule has 6 nitrogen and oxygen atoms in total. The van der Waals surface area contributed by atoms with Gasteiger partial charge in [-0.25, -0.2) is 4.79 Å². The molecule has 0 bridgehead atoms. The van der Waals surface area contributed by atoms with Crippen molar-refractivity contribution in [3.05, 3.63) is 29.8 Å². The average molecular weight is 306 g/mol. The zero-order chi connectivity index (χ0) is 16.2. The number of rotatable bonds is 5. The van der Waals surface area contributed by atoms with Crippen LogP contribution in [-0.2, 0) is 4.79 Å². The number of benzene rings is 1. The average Bonchev–Trinajstić information content (AvgIpc) is 2.53. The molecule has 0 aliphatic carbocycles. The van der Waals surface area contributed by atoms with Crippen LogP contribution in [0.4, 0.5) is 5.69 Å². The van der Waals surface area contributed by atoms with Crippen LogP contribution < -0.4 is 10.2 Å². The Kier molecular flexibility index (Phi) is 5.03. The Hall–Kier alpha value is -2.08. The third kappa shape index (κ3) is 3.98. The van der Waals surface area contributed by atoms with Gasteiger partial charge in [-0.15, -0.1) is 0 Å². The van der Waals surface area contributed by atoms with Crippen molar-refractivity contribution in [3.8, 4) is 0 Å². The Morgan fingerprint density at radius 2 is 1.77 bits per heavy atom. The predicted molar refractivity (Wildman–Crippen MR) is 83.1 cm³/mol. The van der Waals surface area contributed by atoms with Crippen molar-refractivity contribution < 1.29 is 19.8 Å². The number of anilines is 1. The lowest BCUT2D eigenvalue weighted by Gasteiger charge is -2.28. The van der Waals surface area contributed by atoms with Crippen LogP contribution in [0.2, 0.25) is 0 Å². The molecule has 1 heterocycles. The van der Waals surface area contributed by atoms with E-state index in [0.29, 0.717) is 5.56 Å². The van der Waals surface area contributed by atoms with Gasteiger partial charge in [0.2, 0.25) is 0 Å². The van der Waals surface area contributed by atoms with Gasteiger partial charge in [0.15, 0.2) is 5.60 Å². The lowest BCUT2D eigenvalue weighted by Crippen LogP contribution is -2.46. The molecule has 1 amide bonds. The van der Waals surface area contributed by atoms with Crippen LogP contribution in [-0.4, -0.2) is 47.3 Å². The number of carbonyl (C=O) groups excluding carboxylic acids is 1. The molecule has 0 radical (unpaired) electrons. The van der Waals surface area contributed by atoms with Gasteiger partial charge in [0.1, 0.15) is 0 Å². The van der Waals surface area contributed by atoms with Crippen molar-refractivity contribution in [2.45, 2.75) is 31.8 Å². The molecular weight excluding hydrogens is 284 g/mol. The number of carbonyl (C=O) groups is 2. The standard InChI is InChI=1S/C16H22N2O4/c1-16(22,15(20)21)11-17-14(19)12-5-7-13(8-6-12)18-9-3-2-4-10-18/h5-8,22H,2-4,9-11H2,1H3,(H,17,19)(H,20,21). The first-order valence-electron chi connectivity index (χ1n) is 7.49. The third-order valence-corrected chi connectivity index (χ3v) is 3.90. The molecule has 1 aromatic carbocycles. The Bertz CT molecular complexity index is 534. The maximum Gasteiger partial charge on any atom is 0.337 e. The molecule has 1 atom stereocenters. The van der Waals surface area contributed by atoms with Crippen LogP contribution in [0.15, 0.2) is 24.3 Å². The summed E-state index contributed by atoms with van der Waals surface area (Å²) in [6, 6.07) is 7.23. The van der Waals surface area contributed by atoms with Crippen LogP contribution in [0.25, 0.3) is 0 Å². The number of piperidine rings is 1. The fourth-order valence-electron chi connectivity index (χ4n) is 2.41. The number of nitrogens with one attached hydrogen (secondary N) is 1. The summed E-state index contributed by atoms with van der Waals surface area (Å²) in [7, 11) is 0. The van der Waals surface area contributed by atoms with Crippen molar-refractivity contribution >= 4 is 17.6 Å². The summed E-state index contributed by atoms with van der Waals surface area (Å²) in [5.74, 6) is -1.76. The third-order valence-electron chi connectivity index (χ3n) is 3.90. The fraction of sp³-hybridized carbons (Fsp3) is 0.500. The van der Waals surface area contributed by atoms with Crippen molar-refractivity contribution in [1.82, 2.24) is 5.32 Å². The zero-order valence-electron chi connectivity index (χ0n) is 12.7. The van der Waals surface area contributed by atoms with Gasteiger partial charge >= 0.3 is 5.97 Å². The number of aliphatic carboxylic acids is 1. The van der Waals surface area contributed by atoms with Crippen molar-refractivity contribution in [2.75, 3.05) is 24.5 Å². The number of nitrogens with zero attached hydrogens (tertiary/aromatic N) is 1. The monoisotopic (exact) mass is 306 g/mol. The van der Waals surface area contributed by atoms with E-state index in [0.717, 1.165) is 25.7 Å². The number of carboxylic acids is 1. The van der Waals surface area contributed by atoms with E-state index in [1.54, 1.807) is 12.1 Å². The summed E-state index contributed by atoms with van der Waals surface area (Å²) in [6.45, 7) is 2.88. The van der Waals surface area contributed by atoms with Crippen LogP contribution in [0.5, 0.6) is 0 Å². The molecule has 0 aromatic heterocycles. The molecular formula is C16H22N2O4. The minimum absolute atomic E-state index is 0.338. The summed E-state index contributed by atoms with van der Waals surface area (Å²) in [5.41, 5.74) is -0.431. The highest BCUT2D eigenvalue weighted by molar-refractivity contribution is 5.95. The van der Waals surface area contributed by atoms with Gasteiger partial charge in [-0.2, -0.15) is 0 Å². The molecule has 1 aliphatic heterocycles. The lowest BCUT2D eigenvalue weighted by molar-refractivity contribution is -0.155. The maximum atomic E-state index is 12.0. The first-order chi connectivity index (χ1) is 10.4. The van der Waals surface area contributed by atoms with E-state index in [9.17, 15) is 14.7 Å². The van der Waals surface area contributed by atoms with Crippen molar-refractivity contribution in [2.24, 2.45) is 0 Å². The summed E-state index contributed by atoms with van der Waals surface area (Å²) in [4.78, 5) is 25.0. The zero-order valence-corrected chi connectivity index (χ0v) is 12.7. The number of amides is 1. The highest BCUT2D eigenvalue weighted by Gasteiger charge is 2.30. The van der Waals surface area contributed by atoms with Gasteiger partial charge in [-0.1, -0.05) is 0 Å². The molecule has 2 rings (SSSR count). The van der Waals surface area contributed by atoms with Crippen LogP contribution in [0.3, 0.4) is 0 Å². The SMILES string of the molecule is CC(O)(CNC(=O)c1ccc(N2CCCCC2)cc1)C(=O)O. The molecule has 3 N–H and O–H groups in total. The summed E-state index contributed by atoms with van der Waals surface area (Å²) in [6.07, 6.45) is 3.64. The second kappa shape index (κ2) is 6.79. The predicted octanol–water partition coefficient (Wildman–Crippen LogP) is 1.24. The normalized spacial score (nSPS) is 17.6. The summed E-state index contributed by atoms with van der Waals surface area (Å²) < 4.78 is 0. The molecule has 1 saturated heterocycles. The minimum atomic E-state index is -1.97. The van der Waals surface area contributed by atoms with E-state index < -0.39 is 17.5 Å². The Morgan fingerprint density at radius 3 is 2.32 bits per heavy atom. The van der Waals surface area contributed by atoms with E-state index in [-0.39, 0.29) is 6.54 Å². The van der Waals surface area contributed by atoms with Crippen LogP contribution in [0.1, 0.15) is 36.5 Å². The van der Waals surface area contributed by atoms with Crippen molar-refractivity contribution in [1.29, 1.82) is 0 Å². The van der Waals surface area contributed by atoms with Gasteiger partial charge in [-0.05, 0) is 50.5 Å². The van der Waals surface area contributed by atoms with Crippen molar-refractivity contribution in [3.63, 3.8) is 0 Å². The second-order valence-corrected chi connectivity index (χ2v) is 5.86. The molecule has 1 aliphatic rings. The quantitative estimate of drug-likeness (QED) is 0.761. The second-order valence-electron chi connectivity index (χ2n) is 5.86. The van der Waals surface area contributed by atoms with Gasteiger partial charge in [0, 0.05) is 24.3 Å². The number of aliphatic hydroxyl groups is 1. The van der Waals surface area contributed by atoms with Gasteiger partial charge in [0.25, 0.3) is 5.91 Å². The lowest BCUT2D eigenvalue weighted by atomic mass is 10.1. The van der Waals surface area contributed by atoms with E-state index in [4.69, 9.17) is 5.11 Å². The number of hydrogen-bond donors (Lipinski definition) is 3. The molecule has 0 saturated carbocycles. The van der Waals surface area contributed by atoms with Gasteiger partial charge in [-0.3, -0.25) is 4.79 Å². The topological polar surface area (TPSA) is 89.9 Å². The smallest absolute Gasteiger partial charge is 0.337 e. The van der Waals surface area contributed by atoms with Crippen LogP contribution in [0, 0.1) is 0 Å². The van der Waals surface area contributed by atoms with Gasteiger partial charge < -0.3 is 20.4 Å². The summed E-state index contributed by atoms with van der Waals surface area (Å²) in [5, 5.41) is 20.8. The molecule has 120 valence electrons. The molecule has 1 fully saturated rings. The van der Waals surface area contributed by atoms with Gasteiger partial charge in [0.05, 0.1) is 6.54 Å². The Balaban J connectivity index is 1.95. The molecule has 6 heteroatoms. The highest BCUT2D eigenvalue weighted by Crippen LogP contribution is 2.20. The number of hydrogen-bond acceptors (Lipinski definition) is 4. The molecule has 0 spiro atoms. The van der Waals surface area contributed by atoms with E-state index in [2.05, 4.69) is 10.2 Å². The molecule has 1 unspecified atom stereocenters. The Morgan fingerprint density at radius 1 is 1.18 bits per heavy atom. The molecule has 1 aromatic rings. The van der Waals surface area contributed by atoms with E-state index in [1.807, 2.05) is 12.1 Å². The largest absolute Gasteiger partial charge is 0.479 e. The first kappa shape index (κ1) is 16.3. The first-order valence-corrected chi connectivity index (χ1v) is 7.49.